The van der Waals surface area contributed by atoms with Gasteiger partial charge in [-0.3, -0.25) is 0 Å². The summed E-state index contributed by atoms with van der Waals surface area (Å²) in [7, 11) is 1.22. The van der Waals surface area contributed by atoms with Gasteiger partial charge in [0.25, 0.3) is 0 Å². The van der Waals surface area contributed by atoms with Crippen LogP contribution in [0.1, 0.15) is 27.6 Å². The molecule has 0 fully saturated rings. The molecule has 130 valence electrons. The van der Waals surface area contributed by atoms with E-state index in [1.54, 1.807) is 31.2 Å². The lowest BCUT2D eigenvalue weighted by atomic mass is 10.2. The fourth-order valence-corrected chi connectivity index (χ4v) is 1.97. The van der Waals surface area contributed by atoms with E-state index in [4.69, 9.17) is 14.2 Å². The number of rotatable bonds is 5. The van der Waals surface area contributed by atoms with E-state index in [-0.39, 0.29) is 29.2 Å². The van der Waals surface area contributed by atoms with Crippen LogP contribution in [0.2, 0.25) is 0 Å². The molecule has 0 saturated carbocycles. The van der Waals surface area contributed by atoms with Crippen molar-refractivity contribution < 1.29 is 33.3 Å². The van der Waals surface area contributed by atoms with Gasteiger partial charge in [-0.25, -0.2) is 14.4 Å². The van der Waals surface area contributed by atoms with Gasteiger partial charge in [-0.2, -0.15) is 0 Å². The first-order valence-electron chi connectivity index (χ1n) is 7.40. The Balaban J connectivity index is 2.17. The molecule has 0 heterocycles. The van der Waals surface area contributed by atoms with E-state index in [1.807, 2.05) is 0 Å². The maximum atomic E-state index is 12.0. The van der Waals surface area contributed by atoms with Crippen LogP contribution in [0.3, 0.4) is 0 Å². The number of hydrogen-bond acceptors (Lipinski definition) is 7. The summed E-state index contributed by atoms with van der Waals surface area (Å²) in [6, 6.07) is 12.1. The van der Waals surface area contributed by atoms with Crippen molar-refractivity contribution in [2.75, 3.05) is 13.7 Å². The topological polar surface area (TPSA) is 88.1 Å². The minimum absolute atomic E-state index is 0.0125. The monoisotopic (exact) mass is 344 g/mol. The van der Waals surface area contributed by atoms with Crippen molar-refractivity contribution >= 4 is 18.1 Å². The highest BCUT2D eigenvalue weighted by Gasteiger charge is 2.19. The van der Waals surface area contributed by atoms with Crippen LogP contribution in [0, 0.1) is 0 Å². The van der Waals surface area contributed by atoms with Gasteiger partial charge in [0, 0.05) is 0 Å². The van der Waals surface area contributed by atoms with Gasteiger partial charge in [-0.15, -0.1) is 0 Å². The number of benzene rings is 2. The van der Waals surface area contributed by atoms with Crippen molar-refractivity contribution in [1.29, 1.82) is 0 Å². The lowest BCUT2D eigenvalue weighted by molar-refractivity contribution is 0.0522. The molecular formula is C18H16O7. The fraction of sp³-hybridized carbons (Fsp3) is 0.167. The largest absolute Gasteiger partial charge is 0.519 e. The van der Waals surface area contributed by atoms with Gasteiger partial charge < -0.3 is 18.9 Å². The smallest absolute Gasteiger partial charge is 0.465 e. The Labute approximate surface area is 144 Å². The number of carbonyl (C=O) groups is 3. The van der Waals surface area contributed by atoms with Crippen molar-refractivity contribution in [2.24, 2.45) is 0 Å². The average molecular weight is 344 g/mol. The molecule has 0 radical (unpaired) electrons. The molecule has 0 saturated heterocycles. The zero-order chi connectivity index (χ0) is 18.2. The molecule has 0 bridgehead atoms. The lowest BCUT2D eigenvalue weighted by Crippen LogP contribution is -2.18. The third kappa shape index (κ3) is 4.57. The Kier molecular flexibility index (Phi) is 6.11. The molecule has 2 aromatic rings. The number of methoxy groups -OCH3 is 1. The molecule has 0 aliphatic heterocycles. The van der Waals surface area contributed by atoms with Gasteiger partial charge in [-0.1, -0.05) is 24.3 Å². The Morgan fingerprint density at radius 2 is 1.28 bits per heavy atom. The molecule has 0 amide bonds. The SMILES string of the molecule is CCOC(=O)c1ccccc1OC(=O)Oc1ccccc1C(=O)OC. The number of ether oxygens (including phenoxy) is 4. The molecule has 0 aromatic heterocycles. The van der Waals surface area contributed by atoms with Crippen molar-refractivity contribution in [3.8, 4) is 11.5 Å². The molecule has 0 aliphatic rings. The lowest BCUT2D eigenvalue weighted by Gasteiger charge is -2.11. The quantitative estimate of drug-likeness (QED) is 0.608. The number of carbonyl (C=O) groups excluding carboxylic acids is 3. The predicted molar refractivity (Wildman–Crippen MR) is 86.8 cm³/mol. The summed E-state index contributed by atoms with van der Waals surface area (Å²) in [6.07, 6.45) is -1.10. The molecule has 0 spiro atoms. The van der Waals surface area contributed by atoms with Gasteiger partial charge in [0.15, 0.2) is 0 Å². The van der Waals surface area contributed by atoms with Crippen LogP contribution in [-0.4, -0.2) is 31.8 Å². The second-order valence-corrected chi connectivity index (χ2v) is 4.66. The molecule has 2 aromatic carbocycles. The Morgan fingerprint density at radius 1 is 0.800 bits per heavy atom. The van der Waals surface area contributed by atoms with E-state index >= 15 is 0 Å². The Bertz CT molecular complexity index is 782. The predicted octanol–water partition coefficient (Wildman–Crippen LogP) is 3.23. The molecule has 0 unspecified atom stereocenters. The molecule has 0 atom stereocenters. The minimum atomic E-state index is -1.10. The van der Waals surface area contributed by atoms with Crippen LogP contribution in [0.4, 0.5) is 4.79 Å². The number of hydrogen-bond donors (Lipinski definition) is 0. The summed E-state index contributed by atoms with van der Waals surface area (Å²) in [4.78, 5) is 35.6. The second kappa shape index (κ2) is 8.49. The highest BCUT2D eigenvalue weighted by molar-refractivity contribution is 5.94. The third-order valence-electron chi connectivity index (χ3n) is 3.06. The van der Waals surface area contributed by atoms with Gasteiger partial charge in [-0.05, 0) is 31.2 Å². The first-order valence-corrected chi connectivity index (χ1v) is 7.40. The fourth-order valence-electron chi connectivity index (χ4n) is 1.97. The highest BCUT2D eigenvalue weighted by atomic mass is 16.7. The summed E-state index contributed by atoms with van der Waals surface area (Å²) in [5.74, 6) is -1.31. The number of para-hydroxylation sites is 2. The summed E-state index contributed by atoms with van der Waals surface area (Å²) < 4.78 is 19.6. The summed E-state index contributed by atoms with van der Waals surface area (Å²) in [5, 5.41) is 0. The van der Waals surface area contributed by atoms with E-state index < -0.39 is 18.1 Å². The van der Waals surface area contributed by atoms with Crippen LogP contribution in [-0.2, 0) is 9.47 Å². The zero-order valence-corrected chi connectivity index (χ0v) is 13.7. The Morgan fingerprint density at radius 3 is 1.76 bits per heavy atom. The van der Waals surface area contributed by atoms with Crippen LogP contribution in [0.15, 0.2) is 48.5 Å². The van der Waals surface area contributed by atoms with Crippen molar-refractivity contribution in [3.63, 3.8) is 0 Å². The van der Waals surface area contributed by atoms with Crippen LogP contribution in [0.25, 0.3) is 0 Å². The third-order valence-corrected chi connectivity index (χ3v) is 3.06. The van der Waals surface area contributed by atoms with E-state index in [0.29, 0.717) is 0 Å². The minimum Gasteiger partial charge on any atom is -0.465 e. The van der Waals surface area contributed by atoms with Crippen LogP contribution < -0.4 is 9.47 Å². The van der Waals surface area contributed by atoms with E-state index in [0.717, 1.165) is 0 Å². The normalized spacial score (nSPS) is 9.84. The maximum absolute atomic E-state index is 12.0. The van der Waals surface area contributed by atoms with Crippen LogP contribution in [0.5, 0.6) is 11.5 Å². The Hall–Kier alpha value is -3.35. The average Bonchev–Trinajstić information content (AvgIpc) is 2.62. The standard InChI is InChI=1S/C18H16O7/c1-3-23-17(20)13-9-5-7-11-15(13)25-18(21)24-14-10-6-4-8-12(14)16(19)22-2/h4-11H,3H2,1-2H3. The molecule has 7 nitrogen and oxygen atoms in total. The highest BCUT2D eigenvalue weighted by Crippen LogP contribution is 2.22. The van der Waals surface area contributed by atoms with E-state index in [1.165, 1.54) is 31.4 Å². The van der Waals surface area contributed by atoms with Crippen LogP contribution >= 0.6 is 0 Å². The first kappa shape index (κ1) is 18.0. The molecule has 0 aliphatic carbocycles. The summed E-state index contributed by atoms with van der Waals surface area (Å²) in [6.45, 7) is 1.85. The van der Waals surface area contributed by atoms with Crippen molar-refractivity contribution in [3.05, 3.63) is 59.7 Å². The summed E-state index contributed by atoms with van der Waals surface area (Å²) in [5.41, 5.74) is 0.156. The second-order valence-electron chi connectivity index (χ2n) is 4.66. The molecule has 7 heteroatoms. The first-order chi connectivity index (χ1) is 12.1. The molecule has 0 N–H and O–H groups in total. The molecular weight excluding hydrogens is 328 g/mol. The zero-order valence-electron chi connectivity index (χ0n) is 13.7. The van der Waals surface area contributed by atoms with Crippen molar-refractivity contribution in [2.45, 2.75) is 6.92 Å². The van der Waals surface area contributed by atoms with Crippen molar-refractivity contribution in [1.82, 2.24) is 0 Å². The molecule has 25 heavy (non-hydrogen) atoms. The van der Waals surface area contributed by atoms with Gasteiger partial charge in [0.1, 0.15) is 22.6 Å². The van der Waals surface area contributed by atoms with Gasteiger partial charge >= 0.3 is 18.1 Å². The van der Waals surface area contributed by atoms with E-state index in [2.05, 4.69) is 4.74 Å². The maximum Gasteiger partial charge on any atom is 0.519 e. The van der Waals surface area contributed by atoms with Gasteiger partial charge in [0.05, 0.1) is 13.7 Å². The van der Waals surface area contributed by atoms with E-state index in [9.17, 15) is 14.4 Å². The molecule has 2 rings (SSSR count). The van der Waals surface area contributed by atoms with Gasteiger partial charge in [0.2, 0.25) is 0 Å². The number of esters is 2. The summed E-state index contributed by atoms with van der Waals surface area (Å²) >= 11 is 0.